The number of aliphatic hydroxyl groups is 1. The number of carbonyl (C=O) groups excluding carboxylic acids is 4. The molecule has 0 bridgehead atoms. The van der Waals surface area contributed by atoms with Crippen molar-refractivity contribution < 1.29 is 33.8 Å². The average molecular weight is 325 g/mol. The number of esters is 2. The van der Waals surface area contributed by atoms with Gasteiger partial charge in [0.1, 0.15) is 12.3 Å². The first kappa shape index (κ1) is 15.9. The summed E-state index contributed by atoms with van der Waals surface area (Å²) in [6.07, 6.45) is 0.768. The van der Waals surface area contributed by atoms with Crippen LogP contribution < -0.4 is 0 Å². The molecule has 0 aromatic carbocycles. The molecule has 23 heavy (non-hydrogen) atoms. The molecule has 2 saturated heterocycles. The lowest BCUT2D eigenvalue weighted by Crippen LogP contribution is -2.47. The highest BCUT2D eigenvalue weighted by Crippen LogP contribution is 2.48. The van der Waals surface area contributed by atoms with Crippen LogP contribution in [0.5, 0.6) is 0 Å². The predicted octanol–water partition coefficient (Wildman–Crippen LogP) is -0.907. The number of carbonyl (C=O) groups is 4. The van der Waals surface area contributed by atoms with Crippen molar-refractivity contribution in [1.29, 1.82) is 0 Å². The van der Waals surface area contributed by atoms with Crippen molar-refractivity contribution in [2.75, 3.05) is 13.7 Å². The fourth-order valence-electron chi connectivity index (χ4n) is 4.12. The van der Waals surface area contributed by atoms with Gasteiger partial charge in [-0.15, -0.1) is 0 Å². The zero-order valence-corrected chi connectivity index (χ0v) is 12.7. The van der Waals surface area contributed by atoms with E-state index in [2.05, 4.69) is 0 Å². The maximum absolute atomic E-state index is 12.9. The largest absolute Gasteiger partial charge is 0.467 e. The number of rotatable bonds is 3. The Kier molecular flexibility index (Phi) is 4.09. The zero-order chi connectivity index (χ0) is 16.7. The van der Waals surface area contributed by atoms with Crippen molar-refractivity contribution in [3.05, 3.63) is 0 Å². The minimum atomic E-state index is -1.28. The summed E-state index contributed by atoms with van der Waals surface area (Å²) in [5.41, 5.74) is 0. The van der Waals surface area contributed by atoms with E-state index in [1.807, 2.05) is 0 Å². The Bertz CT molecular complexity index is 548. The lowest BCUT2D eigenvalue weighted by atomic mass is 9.87. The van der Waals surface area contributed by atoms with E-state index in [4.69, 9.17) is 9.47 Å². The third-order valence-electron chi connectivity index (χ3n) is 5.20. The molecule has 0 unspecified atom stereocenters. The maximum atomic E-state index is 12.9. The maximum Gasteiger partial charge on any atom is 0.328 e. The Morgan fingerprint density at radius 3 is 2.83 bits per heavy atom. The molecule has 3 aliphatic rings. The molecular weight excluding hydrogens is 306 g/mol. The van der Waals surface area contributed by atoms with Crippen LogP contribution >= 0.6 is 0 Å². The van der Waals surface area contributed by atoms with Crippen LogP contribution in [0.1, 0.15) is 19.3 Å². The van der Waals surface area contributed by atoms with Crippen LogP contribution in [0.2, 0.25) is 0 Å². The number of amides is 1. The van der Waals surface area contributed by atoms with Gasteiger partial charge in [0, 0.05) is 18.4 Å². The van der Waals surface area contributed by atoms with Gasteiger partial charge in [-0.1, -0.05) is 0 Å². The van der Waals surface area contributed by atoms with E-state index in [1.165, 1.54) is 12.0 Å². The van der Waals surface area contributed by atoms with Gasteiger partial charge in [0.2, 0.25) is 12.2 Å². The second kappa shape index (κ2) is 5.92. The molecule has 6 atom stereocenters. The number of cyclic esters (lactones) is 1. The highest BCUT2D eigenvalue weighted by Gasteiger charge is 2.59. The van der Waals surface area contributed by atoms with E-state index >= 15 is 0 Å². The van der Waals surface area contributed by atoms with E-state index in [0.717, 1.165) is 0 Å². The topological polar surface area (TPSA) is 110 Å². The zero-order valence-electron chi connectivity index (χ0n) is 12.7. The molecule has 3 fully saturated rings. The van der Waals surface area contributed by atoms with Crippen LogP contribution in [0.15, 0.2) is 0 Å². The number of ether oxygens (including phenoxy) is 2. The number of likely N-dealkylation sites (tertiary alicyclic amines) is 1. The molecule has 0 aromatic heterocycles. The van der Waals surface area contributed by atoms with Gasteiger partial charge in [0.05, 0.1) is 18.9 Å². The summed E-state index contributed by atoms with van der Waals surface area (Å²) in [4.78, 5) is 49.5. The molecule has 1 saturated carbocycles. The smallest absolute Gasteiger partial charge is 0.328 e. The molecule has 1 aliphatic carbocycles. The van der Waals surface area contributed by atoms with Gasteiger partial charge < -0.3 is 24.3 Å². The molecule has 126 valence electrons. The summed E-state index contributed by atoms with van der Waals surface area (Å²) in [5, 5.41) is 9.77. The lowest BCUT2D eigenvalue weighted by molar-refractivity contribution is -0.161. The van der Waals surface area contributed by atoms with Crippen LogP contribution in [0.25, 0.3) is 0 Å². The van der Waals surface area contributed by atoms with Gasteiger partial charge in [0.25, 0.3) is 0 Å². The molecule has 1 amide bonds. The van der Waals surface area contributed by atoms with Crippen molar-refractivity contribution in [2.24, 2.45) is 23.7 Å². The predicted molar refractivity (Wildman–Crippen MR) is 73.5 cm³/mol. The molecular formula is C15H19NO7. The first-order chi connectivity index (χ1) is 11.0. The minimum absolute atomic E-state index is 0.230. The van der Waals surface area contributed by atoms with Crippen LogP contribution in [0.4, 0.5) is 0 Å². The summed E-state index contributed by atoms with van der Waals surface area (Å²) in [7, 11) is 1.26. The van der Waals surface area contributed by atoms with Crippen molar-refractivity contribution in [3.8, 4) is 0 Å². The van der Waals surface area contributed by atoms with Crippen molar-refractivity contribution in [3.63, 3.8) is 0 Å². The van der Waals surface area contributed by atoms with Crippen LogP contribution in [0, 0.1) is 23.7 Å². The summed E-state index contributed by atoms with van der Waals surface area (Å²) >= 11 is 0. The number of hydrogen-bond donors (Lipinski definition) is 1. The number of fused-ring (bicyclic) bond motifs is 1. The molecule has 8 nitrogen and oxygen atoms in total. The number of methoxy groups -OCH3 is 1. The van der Waals surface area contributed by atoms with E-state index in [0.29, 0.717) is 25.7 Å². The molecule has 3 rings (SSSR count). The highest BCUT2D eigenvalue weighted by molar-refractivity contribution is 5.92. The van der Waals surface area contributed by atoms with Crippen molar-refractivity contribution in [1.82, 2.24) is 4.90 Å². The fourth-order valence-corrected chi connectivity index (χ4v) is 4.12. The first-order valence-electron chi connectivity index (χ1n) is 7.71. The Labute approximate surface area is 132 Å². The second-order valence-corrected chi connectivity index (χ2v) is 6.29. The quantitative estimate of drug-likeness (QED) is 0.528. The van der Waals surface area contributed by atoms with Gasteiger partial charge in [-0.05, 0) is 19.3 Å². The standard InChI is InChI=1S/C15H19NO7/c1-22-14(20)9-3-2-4-16(9)12(18)10-7(6-17)5-8-11(10)15(21)23-13(8)19/h6-11,13,19H,2-5H2,1H3/t7-,8-,9-,10+,11-,13+/m0/s1. The summed E-state index contributed by atoms with van der Waals surface area (Å²) < 4.78 is 9.52. The third kappa shape index (κ3) is 2.41. The van der Waals surface area contributed by atoms with Crippen molar-refractivity contribution >= 4 is 24.1 Å². The van der Waals surface area contributed by atoms with Crippen LogP contribution in [-0.4, -0.2) is 60.1 Å². The average Bonchev–Trinajstić information content (AvgIpc) is 3.22. The minimum Gasteiger partial charge on any atom is -0.467 e. The van der Waals surface area contributed by atoms with E-state index < -0.39 is 53.8 Å². The van der Waals surface area contributed by atoms with Crippen LogP contribution in [-0.2, 0) is 28.7 Å². The molecule has 2 heterocycles. The van der Waals surface area contributed by atoms with E-state index in [1.54, 1.807) is 0 Å². The second-order valence-electron chi connectivity index (χ2n) is 6.29. The number of nitrogens with zero attached hydrogens (tertiary/aromatic N) is 1. The Balaban J connectivity index is 1.86. The molecule has 8 heteroatoms. The van der Waals surface area contributed by atoms with Crippen molar-refractivity contribution in [2.45, 2.75) is 31.6 Å². The van der Waals surface area contributed by atoms with Gasteiger partial charge in [-0.3, -0.25) is 9.59 Å². The number of aldehydes is 1. The number of aliphatic hydroxyl groups excluding tert-OH is 1. The SMILES string of the molecule is COC(=O)[C@@H]1CCCN1C(=O)[C@H]1[C@H]2C(=O)O[C@@H](O)[C@H]2C[C@H]1C=O. The number of hydrogen-bond acceptors (Lipinski definition) is 7. The lowest BCUT2D eigenvalue weighted by Gasteiger charge is -2.28. The monoisotopic (exact) mass is 325 g/mol. The molecule has 2 aliphatic heterocycles. The van der Waals surface area contributed by atoms with E-state index in [9.17, 15) is 24.3 Å². The molecule has 1 N–H and O–H groups in total. The Morgan fingerprint density at radius 1 is 1.43 bits per heavy atom. The highest BCUT2D eigenvalue weighted by atomic mass is 16.6. The van der Waals surface area contributed by atoms with Gasteiger partial charge in [-0.25, -0.2) is 4.79 Å². The van der Waals surface area contributed by atoms with Gasteiger partial charge in [0.15, 0.2) is 0 Å². The summed E-state index contributed by atoms with van der Waals surface area (Å²) in [6, 6.07) is -0.679. The van der Waals surface area contributed by atoms with Gasteiger partial charge in [-0.2, -0.15) is 0 Å². The fraction of sp³-hybridized carbons (Fsp3) is 0.733. The van der Waals surface area contributed by atoms with Gasteiger partial charge >= 0.3 is 11.9 Å². The van der Waals surface area contributed by atoms with Crippen LogP contribution in [0.3, 0.4) is 0 Å². The molecule has 0 aromatic rings. The normalized spacial score (nSPS) is 39.0. The summed E-state index contributed by atoms with van der Waals surface area (Å²) in [5.74, 6) is -4.47. The van der Waals surface area contributed by atoms with E-state index in [-0.39, 0.29) is 6.42 Å². The first-order valence-corrected chi connectivity index (χ1v) is 7.71. The molecule has 0 radical (unpaired) electrons. The Morgan fingerprint density at radius 2 is 2.17 bits per heavy atom. The third-order valence-corrected chi connectivity index (χ3v) is 5.20. The Hall–Kier alpha value is -1.96. The molecule has 0 spiro atoms. The summed E-state index contributed by atoms with van der Waals surface area (Å²) in [6.45, 7) is 0.385.